The van der Waals surface area contributed by atoms with Crippen LogP contribution < -0.4 is 0 Å². The summed E-state index contributed by atoms with van der Waals surface area (Å²) in [6, 6.07) is 0. The van der Waals surface area contributed by atoms with Gasteiger partial charge in [0.2, 0.25) is 9.58 Å². The zero-order chi connectivity index (χ0) is 7.65. The lowest BCUT2D eigenvalue weighted by Crippen LogP contribution is -2.26. The van der Waals surface area contributed by atoms with Crippen molar-refractivity contribution >= 4 is 52.2 Å². The van der Waals surface area contributed by atoms with Gasteiger partial charge in [-0.1, -0.05) is 34.8 Å². The molecule has 54 valence electrons. The highest BCUT2D eigenvalue weighted by Gasteiger charge is 2.33. The van der Waals surface area contributed by atoms with Crippen molar-refractivity contribution in [1.82, 2.24) is 0 Å². The molecule has 0 fully saturated rings. The Kier molecular flexibility index (Phi) is 3.59. The van der Waals surface area contributed by atoms with Gasteiger partial charge in [-0.05, 0) is 6.92 Å². The number of hydrogen-bond acceptors (Lipinski definition) is 1. The highest BCUT2D eigenvalue weighted by atomic mass is 35.6. The summed E-state index contributed by atoms with van der Waals surface area (Å²) in [5, 5.41) is -0.752. The third-order valence-electron chi connectivity index (χ3n) is 0.641. The maximum atomic E-state index is 10.6. The van der Waals surface area contributed by atoms with Gasteiger partial charge in [0, 0.05) is 0 Å². The number of ketones is 1. The SMILES string of the molecule is CC(Cl)C(=O)C(Cl)(Cl)Cl. The van der Waals surface area contributed by atoms with Crippen LogP contribution in [0.5, 0.6) is 0 Å². The largest absolute Gasteiger partial charge is 0.293 e. The molecule has 0 radical (unpaired) electrons. The predicted octanol–water partition coefficient (Wildman–Crippen LogP) is 2.55. The molecular weight excluding hydrogens is 206 g/mol. The van der Waals surface area contributed by atoms with E-state index in [1.165, 1.54) is 6.92 Å². The fourth-order valence-electron chi connectivity index (χ4n) is 0.226. The van der Waals surface area contributed by atoms with Gasteiger partial charge in [-0.25, -0.2) is 0 Å². The van der Waals surface area contributed by atoms with Gasteiger partial charge in [0.1, 0.15) is 0 Å². The minimum atomic E-state index is -1.87. The van der Waals surface area contributed by atoms with E-state index < -0.39 is 15.0 Å². The molecule has 1 unspecified atom stereocenters. The van der Waals surface area contributed by atoms with E-state index in [2.05, 4.69) is 0 Å². The molecule has 1 nitrogen and oxygen atoms in total. The first-order valence-corrected chi connectivity index (χ1v) is 3.68. The fraction of sp³-hybridized carbons (Fsp3) is 0.750. The predicted molar refractivity (Wildman–Crippen MR) is 40.6 cm³/mol. The molecule has 0 rings (SSSR count). The average molecular weight is 210 g/mol. The van der Waals surface area contributed by atoms with E-state index in [4.69, 9.17) is 46.4 Å². The Hall–Kier alpha value is 0.830. The summed E-state index contributed by atoms with van der Waals surface area (Å²) in [5.74, 6) is -0.603. The van der Waals surface area contributed by atoms with Gasteiger partial charge < -0.3 is 0 Å². The minimum absolute atomic E-state index is 0.603. The molecule has 0 amide bonds. The Morgan fingerprint density at radius 3 is 1.78 bits per heavy atom. The van der Waals surface area contributed by atoms with Crippen molar-refractivity contribution in [3.63, 3.8) is 0 Å². The van der Waals surface area contributed by atoms with Crippen molar-refractivity contribution in [1.29, 1.82) is 0 Å². The second kappa shape index (κ2) is 3.29. The first-order valence-electron chi connectivity index (χ1n) is 2.11. The molecular formula is C4H4Cl4O. The highest BCUT2D eigenvalue weighted by molar-refractivity contribution is 6.77. The molecule has 0 aromatic heterocycles. The Morgan fingerprint density at radius 1 is 1.44 bits per heavy atom. The lowest BCUT2D eigenvalue weighted by atomic mass is 10.3. The summed E-state index contributed by atoms with van der Waals surface area (Å²) < 4.78 is -1.87. The van der Waals surface area contributed by atoms with Crippen molar-refractivity contribution in [2.75, 3.05) is 0 Å². The maximum Gasteiger partial charge on any atom is 0.250 e. The van der Waals surface area contributed by atoms with E-state index in [1.807, 2.05) is 0 Å². The number of rotatable bonds is 1. The Morgan fingerprint density at radius 2 is 1.78 bits per heavy atom. The molecule has 0 heterocycles. The van der Waals surface area contributed by atoms with Crippen LogP contribution in [0.1, 0.15) is 6.92 Å². The summed E-state index contributed by atoms with van der Waals surface area (Å²) in [4.78, 5) is 10.6. The molecule has 9 heavy (non-hydrogen) atoms. The number of alkyl halides is 4. The summed E-state index contributed by atoms with van der Waals surface area (Å²) >= 11 is 20.8. The normalized spacial score (nSPS) is 15.2. The lowest BCUT2D eigenvalue weighted by molar-refractivity contribution is -0.117. The Bertz CT molecular complexity index is 114. The van der Waals surface area contributed by atoms with Crippen LogP contribution in [-0.2, 0) is 4.79 Å². The van der Waals surface area contributed by atoms with Crippen LogP contribution in [0.3, 0.4) is 0 Å². The first-order chi connectivity index (χ1) is 3.85. The molecule has 1 atom stereocenters. The van der Waals surface area contributed by atoms with Crippen LogP contribution >= 0.6 is 46.4 Å². The Labute approximate surface area is 73.2 Å². The second-order valence-electron chi connectivity index (χ2n) is 1.48. The van der Waals surface area contributed by atoms with Crippen LogP contribution in [0, 0.1) is 0 Å². The van der Waals surface area contributed by atoms with Crippen LogP contribution in [0.25, 0.3) is 0 Å². The number of hydrogen-bond donors (Lipinski definition) is 0. The third-order valence-corrected chi connectivity index (χ3v) is 1.40. The summed E-state index contributed by atoms with van der Waals surface area (Å²) in [5.41, 5.74) is 0. The standard InChI is InChI=1S/C4H4Cl4O/c1-2(5)3(9)4(6,7)8/h2H,1H3. The van der Waals surface area contributed by atoms with Gasteiger partial charge in [0.15, 0.2) is 0 Å². The summed E-state index contributed by atoms with van der Waals surface area (Å²) in [6.07, 6.45) is 0. The summed E-state index contributed by atoms with van der Waals surface area (Å²) in [6.45, 7) is 1.45. The zero-order valence-corrected chi connectivity index (χ0v) is 7.52. The monoisotopic (exact) mass is 208 g/mol. The molecule has 0 bridgehead atoms. The van der Waals surface area contributed by atoms with E-state index in [0.29, 0.717) is 0 Å². The van der Waals surface area contributed by atoms with Crippen molar-refractivity contribution < 1.29 is 4.79 Å². The second-order valence-corrected chi connectivity index (χ2v) is 4.41. The van der Waals surface area contributed by atoms with Gasteiger partial charge in [-0.15, -0.1) is 11.6 Å². The topological polar surface area (TPSA) is 17.1 Å². The van der Waals surface area contributed by atoms with Crippen LogP contribution in [0.4, 0.5) is 0 Å². The first kappa shape index (κ1) is 9.83. The van der Waals surface area contributed by atoms with E-state index in [-0.39, 0.29) is 0 Å². The average Bonchev–Trinajstić information content (AvgIpc) is 1.62. The van der Waals surface area contributed by atoms with Gasteiger partial charge in [-0.3, -0.25) is 4.79 Å². The Balaban J connectivity index is 4.06. The van der Waals surface area contributed by atoms with E-state index >= 15 is 0 Å². The van der Waals surface area contributed by atoms with Crippen molar-refractivity contribution in [2.45, 2.75) is 16.1 Å². The molecule has 0 aliphatic heterocycles. The maximum absolute atomic E-state index is 10.6. The molecule has 0 saturated carbocycles. The van der Waals surface area contributed by atoms with Gasteiger partial charge in [0.25, 0.3) is 0 Å². The highest BCUT2D eigenvalue weighted by Crippen LogP contribution is 2.29. The smallest absolute Gasteiger partial charge is 0.250 e. The van der Waals surface area contributed by atoms with E-state index in [1.54, 1.807) is 0 Å². The van der Waals surface area contributed by atoms with Crippen LogP contribution in [0.2, 0.25) is 0 Å². The lowest BCUT2D eigenvalue weighted by Gasteiger charge is -2.09. The van der Waals surface area contributed by atoms with Gasteiger partial charge in [0.05, 0.1) is 5.38 Å². The molecule has 0 aromatic rings. The third kappa shape index (κ3) is 3.51. The van der Waals surface area contributed by atoms with Gasteiger partial charge >= 0.3 is 0 Å². The minimum Gasteiger partial charge on any atom is -0.293 e. The fourth-order valence-corrected chi connectivity index (χ4v) is 1.05. The zero-order valence-electron chi connectivity index (χ0n) is 4.50. The van der Waals surface area contributed by atoms with E-state index in [0.717, 1.165) is 0 Å². The summed E-state index contributed by atoms with van der Waals surface area (Å²) in [7, 11) is 0. The van der Waals surface area contributed by atoms with Crippen molar-refractivity contribution in [3.05, 3.63) is 0 Å². The van der Waals surface area contributed by atoms with Crippen LogP contribution in [0.15, 0.2) is 0 Å². The number of carbonyl (C=O) groups excluding carboxylic acids is 1. The quantitative estimate of drug-likeness (QED) is 0.607. The number of carbonyl (C=O) groups is 1. The van der Waals surface area contributed by atoms with Crippen LogP contribution in [-0.4, -0.2) is 15.0 Å². The molecule has 0 aromatic carbocycles. The molecule has 0 aliphatic rings. The van der Waals surface area contributed by atoms with E-state index in [9.17, 15) is 4.79 Å². The molecule has 0 spiro atoms. The number of Topliss-reactive ketones (excluding diaryl/α,β-unsaturated/α-hetero) is 1. The molecule has 0 N–H and O–H groups in total. The number of halogens is 4. The van der Waals surface area contributed by atoms with Crippen molar-refractivity contribution in [3.8, 4) is 0 Å². The molecule has 0 saturated heterocycles. The van der Waals surface area contributed by atoms with Crippen molar-refractivity contribution in [2.24, 2.45) is 0 Å². The van der Waals surface area contributed by atoms with Gasteiger partial charge in [-0.2, -0.15) is 0 Å². The molecule has 5 heteroatoms. The molecule has 0 aliphatic carbocycles.